The Hall–Kier alpha value is -1.29. The van der Waals surface area contributed by atoms with Gasteiger partial charge in [-0.3, -0.25) is 0 Å². The number of halogens is 1. The van der Waals surface area contributed by atoms with E-state index in [2.05, 4.69) is 5.92 Å². The van der Waals surface area contributed by atoms with E-state index in [9.17, 15) is 4.39 Å². The summed E-state index contributed by atoms with van der Waals surface area (Å²) < 4.78 is 12.6. The molecular formula is C10H9F. The first kappa shape index (κ1) is 7.81. The maximum atomic E-state index is 12.6. The van der Waals surface area contributed by atoms with Crippen LogP contribution in [0.2, 0.25) is 0 Å². The minimum Gasteiger partial charge on any atom is -0.207 e. The second-order valence-electron chi connectivity index (χ2n) is 2.45. The van der Waals surface area contributed by atoms with Gasteiger partial charge in [-0.15, -0.1) is 12.3 Å². The lowest BCUT2D eigenvalue weighted by Crippen LogP contribution is -1.88. The Morgan fingerprint density at radius 3 is 2.91 bits per heavy atom. The zero-order chi connectivity index (χ0) is 8.27. The van der Waals surface area contributed by atoms with Gasteiger partial charge in [0.15, 0.2) is 0 Å². The molecule has 1 rings (SSSR count). The van der Waals surface area contributed by atoms with Gasteiger partial charge in [-0.1, -0.05) is 6.07 Å². The highest BCUT2D eigenvalue weighted by Gasteiger charge is 1.97. The van der Waals surface area contributed by atoms with E-state index in [-0.39, 0.29) is 5.82 Å². The summed E-state index contributed by atoms with van der Waals surface area (Å²) >= 11 is 0. The molecule has 0 saturated heterocycles. The molecule has 0 aliphatic rings. The van der Waals surface area contributed by atoms with Gasteiger partial charge in [0, 0.05) is 6.42 Å². The van der Waals surface area contributed by atoms with Gasteiger partial charge in [-0.25, -0.2) is 4.39 Å². The van der Waals surface area contributed by atoms with Crippen LogP contribution in [-0.4, -0.2) is 0 Å². The van der Waals surface area contributed by atoms with Gasteiger partial charge in [0.25, 0.3) is 0 Å². The number of hydrogen-bond acceptors (Lipinski definition) is 0. The number of terminal acetylenes is 1. The second-order valence-corrected chi connectivity index (χ2v) is 2.45. The summed E-state index contributed by atoms with van der Waals surface area (Å²) in [6.07, 6.45) is 5.61. The molecule has 0 spiro atoms. The standard InChI is InChI=1S/C10H9F/c1-3-4-9-7-10(11)6-5-8(9)2/h1,5-7H,4H2,2H3. The minimum absolute atomic E-state index is 0.221. The third-order valence-electron chi connectivity index (χ3n) is 1.60. The quantitative estimate of drug-likeness (QED) is 0.536. The molecule has 1 aromatic carbocycles. The molecule has 1 heteroatoms. The molecule has 0 atom stereocenters. The van der Waals surface area contributed by atoms with Crippen LogP contribution in [0, 0.1) is 25.1 Å². The summed E-state index contributed by atoms with van der Waals surface area (Å²) in [5.41, 5.74) is 1.94. The smallest absolute Gasteiger partial charge is 0.123 e. The highest BCUT2D eigenvalue weighted by Crippen LogP contribution is 2.09. The van der Waals surface area contributed by atoms with Crippen molar-refractivity contribution < 1.29 is 4.39 Å². The number of rotatable bonds is 1. The van der Waals surface area contributed by atoms with Crippen molar-refractivity contribution in [3.05, 3.63) is 35.1 Å². The molecule has 0 unspecified atom stereocenters. The summed E-state index contributed by atoms with van der Waals surface area (Å²) in [6, 6.07) is 4.66. The molecule has 0 radical (unpaired) electrons. The van der Waals surface area contributed by atoms with Crippen molar-refractivity contribution in [2.45, 2.75) is 13.3 Å². The van der Waals surface area contributed by atoms with Crippen molar-refractivity contribution in [1.29, 1.82) is 0 Å². The van der Waals surface area contributed by atoms with E-state index < -0.39 is 0 Å². The Labute approximate surface area is 66.1 Å². The van der Waals surface area contributed by atoms with E-state index >= 15 is 0 Å². The number of aryl methyl sites for hydroxylation is 1. The largest absolute Gasteiger partial charge is 0.207 e. The monoisotopic (exact) mass is 148 g/mol. The summed E-state index contributed by atoms with van der Waals surface area (Å²) in [4.78, 5) is 0. The van der Waals surface area contributed by atoms with Crippen LogP contribution in [0.15, 0.2) is 18.2 Å². The van der Waals surface area contributed by atoms with Crippen LogP contribution in [0.4, 0.5) is 4.39 Å². The van der Waals surface area contributed by atoms with Gasteiger partial charge >= 0.3 is 0 Å². The second kappa shape index (κ2) is 3.21. The molecule has 0 heterocycles. The molecule has 0 nitrogen and oxygen atoms in total. The summed E-state index contributed by atoms with van der Waals surface area (Å²) in [6.45, 7) is 1.92. The zero-order valence-electron chi connectivity index (χ0n) is 6.39. The third kappa shape index (κ3) is 1.81. The van der Waals surface area contributed by atoms with Crippen molar-refractivity contribution in [2.75, 3.05) is 0 Å². The van der Waals surface area contributed by atoms with Crippen molar-refractivity contribution in [1.82, 2.24) is 0 Å². The lowest BCUT2D eigenvalue weighted by molar-refractivity contribution is 0.625. The first-order chi connectivity index (χ1) is 5.24. The molecule has 1 aromatic rings. The van der Waals surface area contributed by atoms with Gasteiger partial charge in [0.1, 0.15) is 5.82 Å². The number of benzene rings is 1. The molecule has 0 aliphatic heterocycles. The Morgan fingerprint density at radius 1 is 1.55 bits per heavy atom. The van der Waals surface area contributed by atoms with Crippen LogP contribution >= 0.6 is 0 Å². The molecule has 11 heavy (non-hydrogen) atoms. The lowest BCUT2D eigenvalue weighted by Gasteiger charge is -2.00. The fourth-order valence-corrected chi connectivity index (χ4v) is 0.940. The SMILES string of the molecule is C#CCc1cc(F)ccc1C. The van der Waals surface area contributed by atoms with Crippen LogP contribution < -0.4 is 0 Å². The Kier molecular flexibility index (Phi) is 2.28. The third-order valence-corrected chi connectivity index (χ3v) is 1.60. The molecule has 0 fully saturated rings. The first-order valence-electron chi connectivity index (χ1n) is 3.42. The molecule has 0 amide bonds. The van der Waals surface area contributed by atoms with Crippen molar-refractivity contribution in [3.63, 3.8) is 0 Å². The Balaban J connectivity index is 3.05. The highest BCUT2D eigenvalue weighted by molar-refractivity contribution is 5.29. The van der Waals surface area contributed by atoms with Crippen LogP contribution in [0.1, 0.15) is 11.1 Å². The molecule has 0 aromatic heterocycles. The van der Waals surface area contributed by atoms with E-state index in [4.69, 9.17) is 6.42 Å². The fraction of sp³-hybridized carbons (Fsp3) is 0.200. The van der Waals surface area contributed by atoms with Gasteiger partial charge in [0.2, 0.25) is 0 Å². The van der Waals surface area contributed by atoms with Crippen molar-refractivity contribution >= 4 is 0 Å². The molecule has 0 aliphatic carbocycles. The van der Waals surface area contributed by atoms with Gasteiger partial charge < -0.3 is 0 Å². The predicted octanol–water partition coefficient (Wildman–Crippen LogP) is 2.31. The minimum atomic E-state index is -0.221. The van der Waals surface area contributed by atoms with E-state index in [1.807, 2.05) is 6.92 Å². The molecular weight excluding hydrogens is 139 g/mol. The Morgan fingerprint density at radius 2 is 2.27 bits per heavy atom. The maximum absolute atomic E-state index is 12.6. The van der Waals surface area contributed by atoms with Gasteiger partial charge in [-0.2, -0.15) is 0 Å². The van der Waals surface area contributed by atoms with Gasteiger partial charge in [0.05, 0.1) is 0 Å². The van der Waals surface area contributed by atoms with Gasteiger partial charge in [-0.05, 0) is 30.2 Å². The topological polar surface area (TPSA) is 0 Å². The molecule has 0 N–H and O–H groups in total. The average Bonchev–Trinajstić information content (AvgIpc) is 1.98. The zero-order valence-corrected chi connectivity index (χ0v) is 6.39. The van der Waals surface area contributed by atoms with Crippen LogP contribution in [0.3, 0.4) is 0 Å². The van der Waals surface area contributed by atoms with E-state index in [0.29, 0.717) is 6.42 Å². The Bertz CT molecular complexity index is 294. The molecule has 0 bridgehead atoms. The number of hydrogen-bond donors (Lipinski definition) is 0. The summed E-state index contributed by atoms with van der Waals surface area (Å²) in [5.74, 6) is 2.26. The highest BCUT2D eigenvalue weighted by atomic mass is 19.1. The van der Waals surface area contributed by atoms with Crippen LogP contribution in [-0.2, 0) is 6.42 Å². The summed E-state index contributed by atoms with van der Waals surface area (Å²) in [5, 5.41) is 0. The van der Waals surface area contributed by atoms with E-state index in [1.165, 1.54) is 12.1 Å². The van der Waals surface area contributed by atoms with Crippen molar-refractivity contribution in [3.8, 4) is 12.3 Å². The maximum Gasteiger partial charge on any atom is 0.123 e. The predicted molar refractivity (Wildman–Crippen MR) is 43.7 cm³/mol. The van der Waals surface area contributed by atoms with Crippen LogP contribution in [0.25, 0.3) is 0 Å². The summed E-state index contributed by atoms with van der Waals surface area (Å²) in [7, 11) is 0. The normalized spacial score (nSPS) is 9.18. The van der Waals surface area contributed by atoms with Crippen LogP contribution in [0.5, 0.6) is 0 Å². The van der Waals surface area contributed by atoms with E-state index in [1.54, 1.807) is 6.07 Å². The first-order valence-corrected chi connectivity index (χ1v) is 3.42. The van der Waals surface area contributed by atoms with Crippen molar-refractivity contribution in [2.24, 2.45) is 0 Å². The molecule has 56 valence electrons. The fourth-order valence-electron chi connectivity index (χ4n) is 0.940. The van der Waals surface area contributed by atoms with E-state index in [0.717, 1.165) is 11.1 Å². The lowest BCUT2D eigenvalue weighted by atomic mass is 10.1. The molecule has 0 saturated carbocycles. The average molecular weight is 148 g/mol.